The lowest BCUT2D eigenvalue weighted by atomic mass is 10.1. The van der Waals surface area contributed by atoms with Gasteiger partial charge in [-0.25, -0.2) is 4.98 Å². The van der Waals surface area contributed by atoms with Crippen molar-refractivity contribution in [2.45, 2.75) is 0 Å². The predicted octanol–water partition coefficient (Wildman–Crippen LogP) is 4.90. The van der Waals surface area contributed by atoms with E-state index in [9.17, 15) is 5.26 Å². The molecule has 0 amide bonds. The Morgan fingerprint density at radius 2 is 1.81 bits per heavy atom. The molecule has 0 aliphatic heterocycles. The maximum atomic E-state index is 9.65. The number of aromatic nitrogens is 1. The standard InChI is InChI=1S/C21H18N2O3S/c1-24-17-6-4-5-14(10-17)19-13-27-21(23-19)16(12-22)9-15-11-18(25-2)7-8-20(15)26-3/h4-11,13H,1-3H3/b16-9-. The van der Waals surface area contributed by atoms with Crippen LogP contribution in [0.3, 0.4) is 0 Å². The van der Waals surface area contributed by atoms with Crippen LogP contribution in [0.1, 0.15) is 10.6 Å². The van der Waals surface area contributed by atoms with Crippen LogP contribution in [0.2, 0.25) is 0 Å². The summed E-state index contributed by atoms with van der Waals surface area (Å²) in [5.41, 5.74) is 2.95. The molecule has 0 N–H and O–H groups in total. The Bertz CT molecular complexity index is 1020. The first kappa shape index (κ1) is 18.5. The van der Waals surface area contributed by atoms with Gasteiger partial charge in [0.1, 0.15) is 28.3 Å². The lowest BCUT2D eigenvalue weighted by Crippen LogP contribution is -1.90. The molecule has 136 valence electrons. The van der Waals surface area contributed by atoms with Gasteiger partial charge in [0.25, 0.3) is 0 Å². The Hall–Kier alpha value is -3.30. The summed E-state index contributed by atoms with van der Waals surface area (Å²) < 4.78 is 15.9. The van der Waals surface area contributed by atoms with E-state index in [1.54, 1.807) is 27.4 Å². The van der Waals surface area contributed by atoms with E-state index in [4.69, 9.17) is 14.2 Å². The number of nitrogens with zero attached hydrogens (tertiary/aromatic N) is 2. The van der Waals surface area contributed by atoms with Crippen molar-refractivity contribution in [3.05, 3.63) is 58.4 Å². The highest BCUT2D eigenvalue weighted by atomic mass is 32.1. The number of allylic oxidation sites excluding steroid dienone is 1. The number of nitriles is 1. The molecular formula is C21H18N2O3S. The largest absolute Gasteiger partial charge is 0.497 e. The van der Waals surface area contributed by atoms with E-state index in [0.29, 0.717) is 22.1 Å². The Balaban J connectivity index is 1.99. The number of thiazole rings is 1. The molecule has 0 aliphatic carbocycles. The fourth-order valence-corrected chi connectivity index (χ4v) is 3.36. The van der Waals surface area contributed by atoms with Crippen molar-refractivity contribution in [3.8, 4) is 34.6 Å². The molecule has 1 aromatic heterocycles. The minimum Gasteiger partial charge on any atom is -0.497 e. The smallest absolute Gasteiger partial charge is 0.134 e. The zero-order valence-electron chi connectivity index (χ0n) is 15.2. The summed E-state index contributed by atoms with van der Waals surface area (Å²) >= 11 is 1.42. The van der Waals surface area contributed by atoms with Crippen LogP contribution in [-0.2, 0) is 0 Å². The minimum atomic E-state index is 0.459. The van der Waals surface area contributed by atoms with E-state index in [-0.39, 0.29) is 0 Å². The van der Waals surface area contributed by atoms with Gasteiger partial charge in [-0.05, 0) is 36.4 Å². The third kappa shape index (κ3) is 4.10. The van der Waals surface area contributed by atoms with Gasteiger partial charge >= 0.3 is 0 Å². The van der Waals surface area contributed by atoms with Gasteiger partial charge in [0.2, 0.25) is 0 Å². The van der Waals surface area contributed by atoms with Crippen LogP contribution in [0.4, 0.5) is 0 Å². The lowest BCUT2D eigenvalue weighted by molar-refractivity contribution is 0.402. The van der Waals surface area contributed by atoms with Crippen molar-refractivity contribution in [2.24, 2.45) is 0 Å². The van der Waals surface area contributed by atoms with Crippen LogP contribution in [-0.4, -0.2) is 26.3 Å². The number of benzene rings is 2. The molecule has 0 spiro atoms. The molecule has 2 aromatic carbocycles. The molecule has 0 aliphatic rings. The van der Waals surface area contributed by atoms with Gasteiger partial charge in [-0.2, -0.15) is 5.26 Å². The fraction of sp³-hybridized carbons (Fsp3) is 0.143. The van der Waals surface area contributed by atoms with E-state index < -0.39 is 0 Å². The summed E-state index contributed by atoms with van der Waals surface area (Å²) in [5, 5.41) is 12.2. The molecule has 0 unspecified atom stereocenters. The molecule has 0 fully saturated rings. The molecule has 3 aromatic rings. The zero-order valence-corrected chi connectivity index (χ0v) is 16.0. The van der Waals surface area contributed by atoms with E-state index in [1.807, 2.05) is 47.8 Å². The number of methoxy groups -OCH3 is 3. The van der Waals surface area contributed by atoms with Gasteiger partial charge < -0.3 is 14.2 Å². The van der Waals surface area contributed by atoms with Crippen molar-refractivity contribution in [1.29, 1.82) is 5.26 Å². The van der Waals surface area contributed by atoms with Crippen molar-refractivity contribution < 1.29 is 14.2 Å². The highest BCUT2D eigenvalue weighted by Gasteiger charge is 2.11. The number of rotatable bonds is 6. The van der Waals surface area contributed by atoms with Gasteiger partial charge in [-0.3, -0.25) is 0 Å². The molecular weight excluding hydrogens is 360 g/mol. The summed E-state index contributed by atoms with van der Waals surface area (Å²) in [5.74, 6) is 2.11. The van der Waals surface area contributed by atoms with E-state index in [2.05, 4.69) is 11.1 Å². The quantitative estimate of drug-likeness (QED) is 0.571. The molecule has 3 rings (SSSR count). The van der Waals surface area contributed by atoms with Crippen LogP contribution in [0.15, 0.2) is 47.8 Å². The van der Waals surface area contributed by atoms with Crippen molar-refractivity contribution in [1.82, 2.24) is 4.98 Å². The summed E-state index contributed by atoms with van der Waals surface area (Å²) in [6, 6.07) is 15.3. The second-order valence-electron chi connectivity index (χ2n) is 5.55. The summed E-state index contributed by atoms with van der Waals surface area (Å²) in [4.78, 5) is 4.62. The first-order valence-corrected chi connectivity index (χ1v) is 9.00. The third-order valence-electron chi connectivity index (χ3n) is 3.96. The lowest BCUT2D eigenvalue weighted by Gasteiger charge is -2.07. The Morgan fingerprint density at radius 1 is 1.04 bits per heavy atom. The average molecular weight is 378 g/mol. The zero-order chi connectivity index (χ0) is 19.2. The SMILES string of the molecule is COc1cccc(-c2csc(/C(C#N)=C\c3cc(OC)ccc3OC)n2)c1. The normalized spacial score (nSPS) is 11.0. The summed E-state index contributed by atoms with van der Waals surface area (Å²) in [6.07, 6.45) is 1.76. The van der Waals surface area contributed by atoms with Gasteiger partial charge in [-0.15, -0.1) is 11.3 Å². The summed E-state index contributed by atoms with van der Waals surface area (Å²) in [6.45, 7) is 0. The minimum absolute atomic E-state index is 0.459. The molecule has 27 heavy (non-hydrogen) atoms. The Labute approximate surface area is 162 Å². The Kier molecular flexibility index (Phi) is 5.74. The average Bonchev–Trinajstić information content (AvgIpc) is 3.21. The van der Waals surface area contributed by atoms with Crippen LogP contribution in [0, 0.1) is 11.3 Å². The molecule has 0 saturated carbocycles. The fourth-order valence-electron chi connectivity index (χ4n) is 2.56. The number of hydrogen-bond acceptors (Lipinski definition) is 6. The number of ether oxygens (including phenoxy) is 3. The van der Waals surface area contributed by atoms with E-state index in [1.165, 1.54) is 11.3 Å². The first-order valence-electron chi connectivity index (χ1n) is 8.12. The Morgan fingerprint density at radius 3 is 2.52 bits per heavy atom. The van der Waals surface area contributed by atoms with Crippen LogP contribution >= 0.6 is 11.3 Å². The summed E-state index contributed by atoms with van der Waals surface area (Å²) in [7, 11) is 4.82. The monoisotopic (exact) mass is 378 g/mol. The highest BCUT2D eigenvalue weighted by Crippen LogP contribution is 2.31. The molecule has 6 heteroatoms. The van der Waals surface area contributed by atoms with E-state index in [0.717, 1.165) is 22.6 Å². The molecule has 5 nitrogen and oxygen atoms in total. The van der Waals surface area contributed by atoms with Crippen molar-refractivity contribution in [2.75, 3.05) is 21.3 Å². The maximum absolute atomic E-state index is 9.65. The van der Waals surface area contributed by atoms with Crippen LogP contribution < -0.4 is 14.2 Å². The molecule has 0 radical (unpaired) electrons. The van der Waals surface area contributed by atoms with Crippen LogP contribution in [0.25, 0.3) is 22.9 Å². The highest BCUT2D eigenvalue weighted by molar-refractivity contribution is 7.11. The third-order valence-corrected chi connectivity index (χ3v) is 4.83. The van der Waals surface area contributed by atoms with Gasteiger partial charge in [0.05, 0.1) is 32.6 Å². The molecule has 0 saturated heterocycles. The maximum Gasteiger partial charge on any atom is 0.134 e. The van der Waals surface area contributed by atoms with E-state index >= 15 is 0 Å². The second kappa shape index (κ2) is 8.39. The van der Waals surface area contributed by atoms with Crippen LogP contribution in [0.5, 0.6) is 17.2 Å². The van der Waals surface area contributed by atoms with Crippen molar-refractivity contribution in [3.63, 3.8) is 0 Å². The molecule has 0 bridgehead atoms. The molecule has 0 atom stereocenters. The van der Waals surface area contributed by atoms with Gasteiger partial charge in [0, 0.05) is 16.5 Å². The second-order valence-corrected chi connectivity index (χ2v) is 6.41. The van der Waals surface area contributed by atoms with Crippen molar-refractivity contribution >= 4 is 23.0 Å². The predicted molar refractivity (Wildman–Crippen MR) is 107 cm³/mol. The first-order chi connectivity index (χ1) is 13.2. The topological polar surface area (TPSA) is 64.4 Å². The van der Waals surface area contributed by atoms with Gasteiger partial charge in [0.15, 0.2) is 0 Å². The number of hydrogen-bond donors (Lipinski definition) is 0. The molecule has 1 heterocycles. The van der Waals surface area contributed by atoms with Gasteiger partial charge in [-0.1, -0.05) is 12.1 Å².